The third-order valence-electron chi connectivity index (χ3n) is 9.57. The van der Waals surface area contributed by atoms with Crippen LogP contribution >= 0.6 is 0 Å². The number of nitrogens with one attached hydrogen (secondary N) is 1. The van der Waals surface area contributed by atoms with Crippen molar-refractivity contribution in [2.24, 2.45) is 11.3 Å². The Hall–Kier alpha value is -4.73. The second-order valence-electron chi connectivity index (χ2n) is 16.0. The Balaban J connectivity index is 1.12. The molecule has 1 fully saturated rings. The van der Waals surface area contributed by atoms with Crippen molar-refractivity contribution in [2.45, 2.75) is 118 Å². The zero-order chi connectivity index (χ0) is 39.5. The molecule has 0 radical (unpaired) electrons. The molecule has 1 saturated heterocycles. The van der Waals surface area contributed by atoms with E-state index in [-0.39, 0.29) is 12.0 Å². The Kier molecular flexibility index (Phi) is 17.7. The van der Waals surface area contributed by atoms with Gasteiger partial charge in [0, 0.05) is 32.5 Å². The lowest BCUT2D eigenvalue weighted by Crippen LogP contribution is -2.45. The Labute approximate surface area is 328 Å². The number of amides is 3. The molecule has 0 bridgehead atoms. The van der Waals surface area contributed by atoms with Gasteiger partial charge in [-0.2, -0.15) is 0 Å². The number of unbranched alkanes of at least 4 members (excludes halogenated alkanes) is 5. The van der Waals surface area contributed by atoms with Crippen molar-refractivity contribution in [2.75, 3.05) is 26.2 Å². The van der Waals surface area contributed by atoms with E-state index < -0.39 is 24.4 Å². The average molecular weight is 758 g/mol. The van der Waals surface area contributed by atoms with E-state index in [4.69, 9.17) is 19.0 Å². The number of rotatable bonds is 18. The molecule has 10 nitrogen and oxygen atoms in total. The minimum absolute atomic E-state index is 0.254. The maximum absolute atomic E-state index is 13.2. The van der Waals surface area contributed by atoms with Crippen LogP contribution in [0.15, 0.2) is 78.9 Å². The van der Waals surface area contributed by atoms with E-state index in [2.05, 4.69) is 64.2 Å². The van der Waals surface area contributed by atoms with Gasteiger partial charge in [0.05, 0.1) is 6.54 Å². The van der Waals surface area contributed by atoms with Crippen molar-refractivity contribution in [3.63, 3.8) is 0 Å². The molecule has 0 aliphatic carbocycles. The Morgan fingerprint density at radius 2 is 1.44 bits per heavy atom. The second-order valence-corrected chi connectivity index (χ2v) is 16.0. The van der Waals surface area contributed by atoms with Gasteiger partial charge in [-0.25, -0.2) is 14.4 Å². The first-order valence-corrected chi connectivity index (χ1v) is 20.3. The molecule has 4 rings (SSSR count). The maximum atomic E-state index is 13.2. The highest BCUT2D eigenvalue weighted by atomic mass is 16.8. The molecular weight excluding hydrogens is 695 g/mol. The summed E-state index contributed by atoms with van der Waals surface area (Å²) in [4.78, 5) is 45.8. The van der Waals surface area contributed by atoms with Crippen LogP contribution < -0.4 is 14.8 Å². The summed E-state index contributed by atoms with van der Waals surface area (Å²) in [5, 5.41) is 3.83. The van der Waals surface area contributed by atoms with E-state index in [0.717, 1.165) is 68.6 Å². The van der Waals surface area contributed by atoms with Crippen LogP contribution in [0.1, 0.15) is 110 Å². The minimum Gasteiger partial charge on any atom is -0.457 e. The summed E-state index contributed by atoms with van der Waals surface area (Å²) in [5.41, 5.74) is 3.06. The number of hydroxylamine groups is 2. The summed E-state index contributed by atoms with van der Waals surface area (Å²) < 4.78 is 17.1. The number of hydrogen-bond donors (Lipinski definition) is 1. The van der Waals surface area contributed by atoms with Gasteiger partial charge in [0.15, 0.2) is 0 Å². The lowest BCUT2D eigenvalue weighted by Gasteiger charge is -2.32. The predicted molar refractivity (Wildman–Crippen MR) is 216 cm³/mol. The van der Waals surface area contributed by atoms with Crippen molar-refractivity contribution < 1.29 is 33.4 Å². The number of hydrogen-bond acceptors (Lipinski definition) is 7. The molecule has 55 heavy (non-hydrogen) atoms. The summed E-state index contributed by atoms with van der Waals surface area (Å²) in [7, 11) is 0. The first kappa shape index (κ1) is 43.0. The number of nitrogens with zero attached hydrogens (tertiary/aromatic N) is 2. The van der Waals surface area contributed by atoms with E-state index in [0.29, 0.717) is 56.3 Å². The second kappa shape index (κ2) is 22.6. The van der Waals surface area contributed by atoms with Crippen molar-refractivity contribution >= 4 is 18.3 Å². The molecular formula is C45H63N3O7. The molecule has 1 aliphatic heterocycles. The highest BCUT2D eigenvalue weighted by Crippen LogP contribution is 2.25. The molecule has 0 saturated carbocycles. The summed E-state index contributed by atoms with van der Waals surface area (Å²) in [6, 6.07) is 25.4. The number of piperidine rings is 1. The van der Waals surface area contributed by atoms with Crippen LogP contribution in [0, 0.1) is 11.3 Å². The van der Waals surface area contributed by atoms with E-state index in [1.54, 1.807) is 29.2 Å². The van der Waals surface area contributed by atoms with Gasteiger partial charge in [-0.05, 0) is 84.5 Å². The summed E-state index contributed by atoms with van der Waals surface area (Å²) in [6.45, 7) is 12.7. The Bertz CT molecular complexity index is 1570. The van der Waals surface area contributed by atoms with Crippen LogP contribution in [0.25, 0.3) is 0 Å². The first-order chi connectivity index (χ1) is 26.5. The molecule has 300 valence electrons. The van der Waals surface area contributed by atoms with E-state index in [1.807, 2.05) is 30.3 Å². The highest BCUT2D eigenvalue weighted by Gasteiger charge is 2.29. The first-order valence-electron chi connectivity index (χ1n) is 20.3. The zero-order valence-electron chi connectivity index (χ0n) is 33.7. The molecule has 0 spiro atoms. The van der Waals surface area contributed by atoms with E-state index >= 15 is 0 Å². The van der Waals surface area contributed by atoms with Crippen molar-refractivity contribution in [3.05, 3.63) is 90.0 Å². The molecule has 3 aromatic carbocycles. The van der Waals surface area contributed by atoms with Crippen LogP contribution in [0.4, 0.5) is 14.4 Å². The highest BCUT2D eigenvalue weighted by molar-refractivity contribution is 5.72. The summed E-state index contributed by atoms with van der Waals surface area (Å²) in [6.07, 6.45) is 8.54. The number of carbonyl (C=O) groups excluding carboxylic acids is 3. The van der Waals surface area contributed by atoms with Gasteiger partial charge in [0.25, 0.3) is 0 Å². The van der Waals surface area contributed by atoms with Gasteiger partial charge in [0.2, 0.25) is 0 Å². The Morgan fingerprint density at radius 3 is 2.11 bits per heavy atom. The van der Waals surface area contributed by atoms with Crippen LogP contribution in [-0.4, -0.2) is 60.5 Å². The van der Waals surface area contributed by atoms with Crippen LogP contribution in [0.2, 0.25) is 0 Å². The summed E-state index contributed by atoms with van der Waals surface area (Å²) in [5.74, 6) is 2.35. The molecule has 0 aromatic heterocycles. The fourth-order valence-corrected chi connectivity index (χ4v) is 6.61. The van der Waals surface area contributed by atoms with Gasteiger partial charge < -0.3 is 29.3 Å². The quantitative estimate of drug-likeness (QED) is 0.102. The van der Waals surface area contributed by atoms with Gasteiger partial charge in [-0.3, -0.25) is 0 Å². The van der Waals surface area contributed by atoms with Crippen LogP contribution in [0.3, 0.4) is 0 Å². The molecule has 1 unspecified atom stereocenters. The van der Waals surface area contributed by atoms with Crippen molar-refractivity contribution in [1.29, 1.82) is 0 Å². The van der Waals surface area contributed by atoms with Gasteiger partial charge in [0.1, 0.15) is 23.4 Å². The molecule has 10 heteroatoms. The number of para-hydroxylation sites is 1. The van der Waals surface area contributed by atoms with Crippen LogP contribution in [0.5, 0.6) is 17.2 Å². The normalized spacial score (nSPS) is 13.8. The van der Waals surface area contributed by atoms with Crippen molar-refractivity contribution in [1.82, 2.24) is 15.3 Å². The largest absolute Gasteiger partial charge is 0.457 e. The zero-order valence-corrected chi connectivity index (χ0v) is 33.7. The summed E-state index contributed by atoms with van der Waals surface area (Å²) >= 11 is 0. The van der Waals surface area contributed by atoms with E-state index in [9.17, 15) is 14.4 Å². The SMILES string of the molecule is CCCCCCN(OC(=O)NCCCCCC(C)Cc1ccc(CC(C)(C)C)cc1)C(=O)OC1CCN(C(=O)Oc2ccc(Oc3ccccc3)cc2)CC1. The smallest absolute Gasteiger partial charge is 0.443 e. The third kappa shape index (κ3) is 16.7. The molecule has 1 aliphatic rings. The molecule has 1 atom stereocenters. The lowest BCUT2D eigenvalue weighted by molar-refractivity contribution is -0.0956. The van der Waals surface area contributed by atoms with Gasteiger partial charge in [-0.1, -0.05) is 116 Å². The topological polar surface area (TPSA) is 107 Å². The van der Waals surface area contributed by atoms with Crippen molar-refractivity contribution in [3.8, 4) is 17.2 Å². The minimum atomic E-state index is -0.691. The maximum Gasteiger partial charge on any atom is 0.443 e. The molecule has 1 N–H and O–H groups in total. The average Bonchev–Trinajstić information content (AvgIpc) is 3.16. The number of benzene rings is 3. The fourth-order valence-electron chi connectivity index (χ4n) is 6.61. The molecule has 1 heterocycles. The van der Waals surface area contributed by atoms with E-state index in [1.165, 1.54) is 11.1 Å². The molecule has 3 aromatic rings. The predicted octanol–water partition coefficient (Wildman–Crippen LogP) is 11.1. The number of likely N-dealkylation sites (tertiary alicyclic amines) is 1. The molecule has 3 amide bonds. The number of carbonyl (C=O) groups is 3. The Morgan fingerprint density at radius 1 is 0.800 bits per heavy atom. The number of ether oxygens (including phenoxy) is 3. The van der Waals surface area contributed by atoms with Gasteiger partial charge in [-0.15, -0.1) is 5.06 Å². The lowest BCUT2D eigenvalue weighted by atomic mass is 9.87. The van der Waals surface area contributed by atoms with Gasteiger partial charge >= 0.3 is 18.3 Å². The fraction of sp³-hybridized carbons (Fsp3) is 0.533. The van der Waals surface area contributed by atoms with Crippen LogP contribution in [-0.2, 0) is 22.4 Å². The standard InChI is InChI=1S/C45H63N3O7/c1-6-7-8-15-30-48(55-42(49)46-29-14-10-11-16-35(2)33-36-19-21-37(22-20-36)34-45(3,4)5)44(51)54-41-27-31-47(32-28-41)43(50)53-40-25-23-39(24-26-40)52-38-17-12-9-13-18-38/h9,12-13,17-26,35,41H,6-8,10-11,14-16,27-34H2,1-5H3,(H,46,49). The monoisotopic (exact) mass is 757 g/mol. The third-order valence-corrected chi connectivity index (χ3v) is 9.57.